The van der Waals surface area contributed by atoms with Gasteiger partial charge in [-0.25, -0.2) is 4.68 Å². The summed E-state index contributed by atoms with van der Waals surface area (Å²) in [5, 5.41) is 17.4. The molecule has 5 aromatic rings. The number of anilines is 1. The van der Waals surface area contributed by atoms with Crippen molar-refractivity contribution in [3.05, 3.63) is 114 Å². The van der Waals surface area contributed by atoms with Gasteiger partial charge in [0.2, 0.25) is 0 Å². The number of halogens is 4. The normalized spacial score (nSPS) is 11.4. The number of aromatic hydroxyl groups is 1. The molecule has 190 valence electrons. The minimum Gasteiger partial charge on any atom is -0.506 e. The first-order valence-electron chi connectivity index (χ1n) is 11.3. The number of hydrogen-bond acceptors (Lipinski definition) is 4. The first kappa shape index (κ1) is 25.0. The minimum atomic E-state index is -4.55. The second-order valence-electron chi connectivity index (χ2n) is 8.32. The number of carbonyl (C=O) groups excluding carboxylic acids is 1. The van der Waals surface area contributed by atoms with E-state index in [9.17, 15) is 23.1 Å². The van der Waals surface area contributed by atoms with Crippen LogP contribution in [0.2, 0.25) is 5.02 Å². The van der Waals surface area contributed by atoms with E-state index in [0.29, 0.717) is 22.6 Å². The predicted octanol–water partition coefficient (Wildman–Crippen LogP) is 7.23. The molecular formula is C28H18ClF3N4O2. The number of rotatable bonds is 5. The Labute approximate surface area is 220 Å². The number of nitrogens with one attached hydrogen (secondary N) is 1. The number of alkyl halides is 3. The summed E-state index contributed by atoms with van der Waals surface area (Å²) in [7, 11) is 0. The summed E-state index contributed by atoms with van der Waals surface area (Å²) >= 11 is 6.14. The molecule has 2 heterocycles. The molecule has 0 saturated carbocycles. The predicted molar refractivity (Wildman–Crippen MR) is 138 cm³/mol. The Morgan fingerprint density at radius 2 is 1.68 bits per heavy atom. The van der Waals surface area contributed by atoms with Gasteiger partial charge in [0, 0.05) is 41.0 Å². The Kier molecular flexibility index (Phi) is 6.61. The maximum Gasteiger partial charge on any atom is 0.416 e. The van der Waals surface area contributed by atoms with Crippen molar-refractivity contribution in [2.24, 2.45) is 0 Å². The van der Waals surface area contributed by atoms with Gasteiger partial charge in [0.05, 0.1) is 16.3 Å². The monoisotopic (exact) mass is 534 g/mol. The van der Waals surface area contributed by atoms with Crippen molar-refractivity contribution in [3.63, 3.8) is 0 Å². The maximum atomic E-state index is 13.1. The summed E-state index contributed by atoms with van der Waals surface area (Å²) in [5.74, 6) is -0.727. The van der Waals surface area contributed by atoms with Gasteiger partial charge in [-0.2, -0.15) is 18.3 Å². The van der Waals surface area contributed by atoms with Crippen molar-refractivity contribution in [3.8, 4) is 33.8 Å². The van der Waals surface area contributed by atoms with Crippen molar-refractivity contribution in [1.29, 1.82) is 0 Å². The lowest BCUT2D eigenvalue weighted by atomic mass is 10.0. The second-order valence-corrected chi connectivity index (χ2v) is 8.73. The smallest absolute Gasteiger partial charge is 0.416 e. The average molecular weight is 535 g/mol. The number of amides is 1. The Bertz CT molecular complexity index is 1640. The zero-order valence-electron chi connectivity index (χ0n) is 19.4. The molecule has 38 heavy (non-hydrogen) atoms. The van der Waals surface area contributed by atoms with Crippen LogP contribution in [0.1, 0.15) is 15.9 Å². The lowest BCUT2D eigenvalue weighted by molar-refractivity contribution is -0.137. The number of nitrogens with zero attached hydrogens (tertiary/aromatic N) is 3. The molecule has 0 fully saturated rings. The Morgan fingerprint density at radius 1 is 0.921 bits per heavy atom. The van der Waals surface area contributed by atoms with Crippen molar-refractivity contribution in [1.82, 2.24) is 14.8 Å². The molecule has 0 spiro atoms. The Balaban J connectivity index is 1.50. The average Bonchev–Trinajstić information content (AvgIpc) is 3.36. The third-order valence-corrected chi connectivity index (χ3v) is 6.05. The first-order valence-corrected chi connectivity index (χ1v) is 11.6. The van der Waals surface area contributed by atoms with Crippen LogP contribution in [0.25, 0.3) is 28.1 Å². The fourth-order valence-electron chi connectivity index (χ4n) is 3.88. The topological polar surface area (TPSA) is 80.0 Å². The number of phenolic OH excluding ortho intramolecular Hbond substituents is 1. The number of phenols is 1. The van der Waals surface area contributed by atoms with E-state index in [0.717, 1.165) is 23.3 Å². The summed E-state index contributed by atoms with van der Waals surface area (Å²) in [4.78, 5) is 16.8. The number of carbonyl (C=O) groups is 1. The molecule has 0 bridgehead atoms. The van der Waals surface area contributed by atoms with E-state index in [2.05, 4.69) is 10.3 Å². The lowest BCUT2D eigenvalue weighted by Gasteiger charge is -2.10. The van der Waals surface area contributed by atoms with Crippen molar-refractivity contribution >= 4 is 23.2 Å². The third kappa shape index (κ3) is 5.23. The second kappa shape index (κ2) is 10.0. The molecule has 10 heteroatoms. The van der Waals surface area contributed by atoms with E-state index in [1.165, 1.54) is 18.2 Å². The van der Waals surface area contributed by atoms with Gasteiger partial charge in [-0.1, -0.05) is 23.7 Å². The van der Waals surface area contributed by atoms with Crippen molar-refractivity contribution in [2.45, 2.75) is 6.18 Å². The molecule has 0 radical (unpaired) electrons. The molecule has 0 aliphatic rings. The Morgan fingerprint density at radius 3 is 2.42 bits per heavy atom. The molecule has 0 atom stereocenters. The standard InChI is InChI=1S/C28H18ClF3N4O2/c29-24-14-18(7-8-25(24)37)26-23(17-9-11-33-12-10-17)16-36(35-26)22-6-2-5-21(15-22)34-27(38)19-3-1-4-20(13-19)28(30,31)32/h1-16,37H,(H,34,38). The SMILES string of the molecule is O=C(Nc1cccc(-n2cc(-c3ccncc3)c(-c3ccc(O)c(Cl)c3)n2)c1)c1cccc(C(F)(F)F)c1. The molecule has 5 rings (SSSR count). The number of aromatic nitrogens is 3. The zero-order chi connectivity index (χ0) is 26.9. The molecule has 6 nitrogen and oxygen atoms in total. The van der Waals surface area contributed by atoms with E-state index in [1.54, 1.807) is 59.7 Å². The van der Waals surface area contributed by atoms with Gasteiger partial charge in [0.15, 0.2) is 0 Å². The van der Waals surface area contributed by atoms with Crippen LogP contribution in [-0.4, -0.2) is 25.8 Å². The van der Waals surface area contributed by atoms with Crippen LogP contribution in [-0.2, 0) is 6.18 Å². The van der Waals surface area contributed by atoms with Crippen LogP contribution < -0.4 is 5.32 Å². The summed E-state index contributed by atoms with van der Waals surface area (Å²) in [6.07, 6.45) is 0.565. The highest BCUT2D eigenvalue weighted by Crippen LogP contribution is 2.35. The highest BCUT2D eigenvalue weighted by atomic mass is 35.5. The highest BCUT2D eigenvalue weighted by molar-refractivity contribution is 6.32. The summed E-state index contributed by atoms with van der Waals surface area (Å²) < 4.78 is 40.8. The molecule has 1 amide bonds. The van der Waals surface area contributed by atoms with Crippen molar-refractivity contribution in [2.75, 3.05) is 5.32 Å². The van der Waals surface area contributed by atoms with Crippen LogP contribution in [0, 0.1) is 0 Å². The van der Waals surface area contributed by atoms with Crippen LogP contribution >= 0.6 is 11.6 Å². The lowest BCUT2D eigenvalue weighted by Crippen LogP contribution is -2.14. The summed E-state index contributed by atoms with van der Waals surface area (Å²) in [6, 6.07) is 19.4. The molecule has 0 saturated heterocycles. The largest absolute Gasteiger partial charge is 0.506 e. The quantitative estimate of drug-likeness (QED) is 0.249. The fourth-order valence-corrected chi connectivity index (χ4v) is 4.06. The molecule has 0 aliphatic carbocycles. The van der Waals surface area contributed by atoms with Crippen LogP contribution in [0.15, 0.2) is 97.5 Å². The minimum absolute atomic E-state index is 0.0514. The van der Waals surface area contributed by atoms with Crippen LogP contribution in [0.4, 0.5) is 18.9 Å². The zero-order valence-corrected chi connectivity index (χ0v) is 20.2. The van der Waals surface area contributed by atoms with E-state index in [1.807, 2.05) is 12.1 Å². The van der Waals surface area contributed by atoms with E-state index >= 15 is 0 Å². The van der Waals surface area contributed by atoms with Gasteiger partial charge in [-0.15, -0.1) is 0 Å². The third-order valence-electron chi connectivity index (χ3n) is 5.75. The van der Waals surface area contributed by atoms with Gasteiger partial charge >= 0.3 is 6.18 Å². The van der Waals surface area contributed by atoms with Crippen LogP contribution in [0.5, 0.6) is 5.75 Å². The van der Waals surface area contributed by atoms with Gasteiger partial charge in [0.1, 0.15) is 11.4 Å². The molecule has 2 N–H and O–H groups in total. The number of pyridine rings is 1. The van der Waals surface area contributed by atoms with E-state index in [4.69, 9.17) is 16.7 Å². The molecule has 3 aromatic carbocycles. The molecular weight excluding hydrogens is 517 g/mol. The number of benzene rings is 3. The Hall–Kier alpha value is -4.63. The highest BCUT2D eigenvalue weighted by Gasteiger charge is 2.31. The van der Waals surface area contributed by atoms with Gasteiger partial charge in [0.25, 0.3) is 5.91 Å². The van der Waals surface area contributed by atoms with E-state index in [-0.39, 0.29) is 16.3 Å². The molecule has 2 aromatic heterocycles. The maximum absolute atomic E-state index is 13.1. The van der Waals surface area contributed by atoms with Gasteiger partial charge in [-0.3, -0.25) is 9.78 Å². The fraction of sp³-hybridized carbons (Fsp3) is 0.0357. The number of hydrogen-bond donors (Lipinski definition) is 2. The van der Waals surface area contributed by atoms with Gasteiger partial charge in [-0.05, 0) is 72.3 Å². The van der Waals surface area contributed by atoms with Crippen LogP contribution in [0.3, 0.4) is 0 Å². The first-order chi connectivity index (χ1) is 18.2. The molecule has 0 unspecified atom stereocenters. The van der Waals surface area contributed by atoms with E-state index < -0.39 is 17.6 Å². The summed E-state index contributed by atoms with van der Waals surface area (Å²) in [5.41, 5.74) is 2.84. The van der Waals surface area contributed by atoms with Crippen molar-refractivity contribution < 1.29 is 23.1 Å². The molecule has 0 aliphatic heterocycles. The van der Waals surface area contributed by atoms with Gasteiger partial charge < -0.3 is 10.4 Å². The summed E-state index contributed by atoms with van der Waals surface area (Å²) in [6.45, 7) is 0.